The van der Waals surface area contributed by atoms with Crippen LogP contribution < -0.4 is 4.74 Å². The van der Waals surface area contributed by atoms with Crippen molar-refractivity contribution in [3.63, 3.8) is 0 Å². The molecule has 4 rings (SSSR count). The Kier molecular flexibility index (Phi) is 6.52. The topological polar surface area (TPSA) is 99.4 Å². The molecule has 12 heteroatoms. The van der Waals surface area contributed by atoms with E-state index in [0.29, 0.717) is 21.9 Å². The van der Waals surface area contributed by atoms with Crippen LogP contribution in [0.4, 0.5) is 13.2 Å². The Morgan fingerprint density at radius 3 is 2.57 bits per heavy atom. The van der Waals surface area contributed by atoms with Crippen LogP contribution in [0.15, 0.2) is 42.7 Å². The highest BCUT2D eigenvalue weighted by molar-refractivity contribution is 7.21. The number of esters is 1. The first-order valence-corrected chi connectivity index (χ1v) is 11.3. The third-order valence-corrected chi connectivity index (χ3v) is 6.78. The first kappa shape index (κ1) is 24.6. The molecule has 0 saturated heterocycles. The molecule has 1 atom stereocenters. The molecule has 0 fully saturated rings. The summed E-state index contributed by atoms with van der Waals surface area (Å²) in [5.74, 6) is -0.0617. The van der Waals surface area contributed by atoms with Gasteiger partial charge >= 0.3 is 12.1 Å². The molecule has 3 aromatic heterocycles. The number of nitrogens with zero attached hydrogens (tertiary/aromatic N) is 4. The lowest BCUT2D eigenvalue weighted by Crippen LogP contribution is -2.42. The van der Waals surface area contributed by atoms with E-state index in [2.05, 4.69) is 15.3 Å². The highest BCUT2D eigenvalue weighted by atomic mass is 32.1. The maximum Gasteiger partial charge on any atom is 0.423 e. The molecular weight excluding hydrogens is 485 g/mol. The average molecular weight is 507 g/mol. The monoisotopic (exact) mass is 506 g/mol. The lowest BCUT2D eigenvalue weighted by molar-refractivity contribution is -0.269. The molecule has 0 aliphatic heterocycles. The van der Waals surface area contributed by atoms with E-state index < -0.39 is 29.9 Å². The van der Waals surface area contributed by atoms with Crippen molar-refractivity contribution in [1.29, 1.82) is 0 Å². The van der Waals surface area contributed by atoms with Crippen LogP contribution in [-0.2, 0) is 16.9 Å². The minimum absolute atomic E-state index is 0.117. The number of thiophene rings is 1. The van der Waals surface area contributed by atoms with Crippen molar-refractivity contribution in [3.05, 3.63) is 58.9 Å². The molecule has 0 aliphatic rings. The highest BCUT2D eigenvalue weighted by Crippen LogP contribution is 2.41. The number of rotatable bonds is 7. The number of aromatic nitrogens is 4. The summed E-state index contributed by atoms with van der Waals surface area (Å²) in [6.45, 7) is 1.34. The van der Waals surface area contributed by atoms with E-state index in [9.17, 15) is 23.1 Å². The lowest BCUT2D eigenvalue weighted by Gasteiger charge is -2.26. The zero-order valence-corrected chi connectivity index (χ0v) is 19.8. The molecule has 1 N–H and O–H groups in total. The van der Waals surface area contributed by atoms with E-state index in [0.717, 1.165) is 21.8 Å². The number of methoxy groups -OCH3 is 2. The molecule has 4 aromatic rings. The van der Waals surface area contributed by atoms with Crippen LogP contribution in [0, 0.1) is 0 Å². The van der Waals surface area contributed by atoms with Gasteiger partial charge in [0.25, 0.3) is 0 Å². The Balaban J connectivity index is 1.70. The summed E-state index contributed by atoms with van der Waals surface area (Å²) in [4.78, 5) is 17.1. The molecule has 0 radical (unpaired) electrons. The van der Waals surface area contributed by atoms with Crippen LogP contribution in [0.5, 0.6) is 5.88 Å². The summed E-state index contributed by atoms with van der Waals surface area (Å²) in [6, 6.07) is 8.91. The van der Waals surface area contributed by atoms with E-state index in [1.165, 1.54) is 37.2 Å². The van der Waals surface area contributed by atoms with Gasteiger partial charge in [-0.05, 0) is 24.1 Å². The molecule has 0 amide bonds. The number of carbonyl (C=O) groups is 1. The molecule has 3 heterocycles. The molecule has 1 unspecified atom stereocenters. The van der Waals surface area contributed by atoms with Crippen molar-refractivity contribution < 1.29 is 32.5 Å². The first-order valence-electron chi connectivity index (χ1n) is 10.4. The lowest BCUT2D eigenvalue weighted by atomic mass is 9.96. The van der Waals surface area contributed by atoms with Crippen LogP contribution in [0.1, 0.15) is 34.3 Å². The molecule has 1 aromatic carbocycles. The van der Waals surface area contributed by atoms with Gasteiger partial charge in [0, 0.05) is 33.5 Å². The second-order valence-electron chi connectivity index (χ2n) is 7.73. The second kappa shape index (κ2) is 9.27. The molecule has 0 bridgehead atoms. The zero-order valence-electron chi connectivity index (χ0n) is 19.0. The summed E-state index contributed by atoms with van der Waals surface area (Å²) in [5.41, 5.74) is -1.54. The predicted octanol–water partition coefficient (Wildman–Crippen LogP) is 4.56. The molecule has 8 nitrogen and oxygen atoms in total. The van der Waals surface area contributed by atoms with Gasteiger partial charge in [-0.1, -0.05) is 24.3 Å². The molecule has 0 aliphatic carbocycles. The molecule has 184 valence electrons. The van der Waals surface area contributed by atoms with Crippen LogP contribution >= 0.6 is 11.3 Å². The number of hydrogen-bond donors (Lipinski definition) is 1. The largest absolute Gasteiger partial charge is 0.481 e. The van der Waals surface area contributed by atoms with Gasteiger partial charge in [-0.3, -0.25) is 0 Å². The Bertz CT molecular complexity index is 1370. The second-order valence-corrected chi connectivity index (χ2v) is 8.78. The number of fused-ring (bicyclic) bond motifs is 1. The number of alkyl halides is 3. The fourth-order valence-electron chi connectivity index (χ4n) is 3.69. The third-order valence-electron chi connectivity index (χ3n) is 5.65. The smallest absolute Gasteiger partial charge is 0.423 e. The number of aliphatic hydroxyl groups is 1. The molecular formula is C23H21F3N4O4S. The van der Waals surface area contributed by atoms with Gasteiger partial charge in [-0.25, -0.2) is 14.5 Å². The Labute approximate surface area is 201 Å². The van der Waals surface area contributed by atoms with Crippen molar-refractivity contribution in [3.8, 4) is 17.0 Å². The fraction of sp³-hybridized carbons (Fsp3) is 0.304. The van der Waals surface area contributed by atoms with Crippen LogP contribution in [0.25, 0.3) is 21.2 Å². The van der Waals surface area contributed by atoms with Crippen molar-refractivity contribution >= 4 is 27.4 Å². The number of hydrogen-bond acceptors (Lipinski definition) is 8. The van der Waals surface area contributed by atoms with Crippen molar-refractivity contribution in [2.24, 2.45) is 0 Å². The van der Waals surface area contributed by atoms with Gasteiger partial charge in [0.05, 0.1) is 27.0 Å². The Morgan fingerprint density at radius 1 is 1.20 bits per heavy atom. The van der Waals surface area contributed by atoms with Gasteiger partial charge in [0.15, 0.2) is 0 Å². The van der Waals surface area contributed by atoms with Crippen LogP contribution in [-0.4, -0.2) is 51.4 Å². The first-order chi connectivity index (χ1) is 16.6. The molecule has 35 heavy (non-hydrogen) atoms. The minimum Gasteiger partial charge on any atom is -0.481 e. The van der Waals surface area contributed by atoms with Gasteiger partial charge in [0.2, 0.25) is 11.5 Å². The van der Waals surface area contributed by atoms with Crippen LogP contribution in [0.2, 0.25) is 0 Å². The van der Waals surface area contributed by atoms with Crippen LogP contribution in [0.3, 0.4) is 0 Å². The zero-order chi connectivity index (χ0) is 25.4. The Hall–Kier alpha value is -3.51. The molecule has 0 saturated carbocycles. The van der Waals surface area contributed by atoms with Gasteiger partial charge in [0.1, 0.15) is 10.6 Å². The van der Waals surface area contributed by atoms with Crippen molar-refractivity contribution in [2.45, 2.75) is 31.7 Å². The normalized spacial score (nSPS) is 13.6. The summed E-state index contributed by atoms with van der Waals surface area (Å²) in [6.07, 6.45) is -2.78. The van der Waals surface area contributed by atoms with E-state index in [4.69, 9.17) is 9.47 Å². The van der Waals surface area contributed by atoms with E-state index in [-0.39, 0.29) is 6.54 Å². The van der Waals surface area contributed by atoms with E-state index >= 15 is 0 Å². The number of benzene rings is 1. The summed E-state index contributed by atoms with van der Waals surface area (Å²) in [7, 11) is 2.81. The summed E-state index contributed by atoms with van der Waals surface area (Å²) < 4.78 is 52.1. The van der Waals surface area contributed by atoms with Gasteiger partial charge in [-0.15, -0.1) is 16.4 Å². The van der Waals surface area contributed by atoms with Crippen molar-refractivity contribution in [2.75, 3.05) is 14.2 Å². The minimum atomic E-state index is -4.88. The maximum atomic E-state index is 13.3. The number of pyridine rings is 1. The molecule has 0 spiro atoms. The standard InChI is InChI=1S/C23H21F3N4O4S/c1-4-22(32,23(24,25)26)17-12-30(29-28-17)11-13-5-7-15-16(9-13)35-20(21(31)34-3)19(15)14-6-8-18(33-2)27-10-14/h5-10,12,32H,4,11H2,1-3H3. The summed E-state index contributed by atoms with van der Waals surface area (Å²) >= 11 is 1.23. The third kappa shape index (κ3) is 4.46. The van der Waals surface area contributed by atoms with Gasteiger partial charge < -0.3 is 14.6 Å². The van der Waals surface area contributed by atoms with Crippen molar-refractivity contribution in [1.82, 2.24) is 20.0 Å². The number of ether oxygens (including phenoxy) is 2. The number of halogens is 3. The fourth-order valence-corrected chi connectivity index (χ4v) is 4.90. The van der Waals surface area contributed by atoms with E-state index in [1.807, 2.05) is 12.1 Å². The van der Waals surface area contributed by atoms with Gasteiger partial charge in [-0.2, -0.15) is 13.2 Å². The average Bonchev–Trinajstić information content (AvgIpc) is 3.47. The predicted molar refractivity (Wildman–Crippen MR) is 122 cm³/mol. The Morgan fingerprint density at radius 2 is 1.97 bits per heavy atom. The maximum absolute atomic E-state index is 13.3. The summed E-state index contributed by atoms with van der Waals surface area (Å²) in [5, 5.41) is 18.2. The number of carbonyl (C=O) groups excluding carboxylic acids is 1. The van der Waals surface area contributed by atoms with E-state index in [1.54, 1.807) is 24.4 Å². The quantitative estimate of drug-likeness (QED) is 0.367. The highest BCUT2D eigenvalue weighted by Gasteiger charge is 2.55. The SMILES string of the molecule is CCC(O)(c1cn(Cc2ccc3c(-c4ccc(OC)nc4)c(C(=O)OC)sc3c2)nn1)C(F)(F)F.